The Hall–Kier alpha value is -1.85. The molecule has 1 aliphatic rings. The van der Waals surface area contributed by atoms with Crippen molar-refractivity contribution in [3.8, 4) is 0 Å². The molecule has 0 amide bonds. The molecule has 18 heavy (non-hydrogen) atoms. The van der Waals surface area contributed by atoms with Gasteiger partial charge in [-0.05, 0) is 18.8 Å². The van der Waals surface area contributed by atoms with Crippen LogP contribution in [-0.2, 0) is 0 Å². The summed E-state index contributed by atoms with van der Waals surface area (Å²) in [5.41, 5.74) is -1.75. The number of carboxylic acid groups (broad SMARTS) is 1. The van der Waals surface area contributed by atoms with Crippen molar-refractivity contribution in [3.05, 3.63) is 32.6 Å². The number of aromatic nitrogens is 2. The molecule has 1 aromatic rings. The second-order valence-corrected chi connectivity index (χ2v) is 4.94. The number of rotatable bonds is 2. The van der Waals surface area contributed by atoms with Gasteiger partial charge < -0.3 is 5.11 Å². The van der Waals surface area contributed by atoms with Gasteiger partial charge in [0.05, 0.1) is 0 Å². The summed E-state index contributed by atoms with van der Waals surface area (Å²) in [6, 6.07) is -0.0174. The first-order valence-corrected chi connectivity index (χ1v) is 6.08. The van der Waals surface area contributed by atoms with Crippen molar-refractivity contribution in [2.75, 3.05) is 0 Å². The molecular formula is C12H16N2O4. The van der Waals surface area contributed by atoms with E-state index in [2.05, 4.69) is 11.9 Å². The van der Waals surface area contributed by atoms with Gasteiger partial charge in [0.1, 0.15) is 5.56 Å². The Morgan fingerprint density at radius 3 is 2.78 bits per heavy atom. The van der Waals surface area contributed by atoms with Crippen LogP contribution in [0.25, 0.3) is 0 Å². The van der Waals surface area contributed by atoms with E-state index in [1.807, 2.05) is 0 Å². The molecule has 2 atom stereocenters. The van der Waals surface area contributed by atoms with Crippen LogP contribution in [0.5, 0.6) is 0 Å². The van der Waals surface area contributed by atoms with Crippen LogP contribution in [0.1, 0.15) is 49.0 Å². The predicted molar refractivity (Wildman–Crippen MR) is 65.0 cm³/mol. The second kappa shape index (κ2) is 4.80. The first-order chi connectivity index (χ1) is 8.49. The zero-order valence-electron chi connectivity index (χ0n) is 10.2. The highest BCUT2D eigenvalue weighted by molar-refractivity contribution is 5.86. The van der Waals surface area contributed by atoms with Crippen LogP contribution in [0.15, 0.2) is 15.8 Å². The molecule has 0 radical (unpaired) electrons. The molecule has 6 nitrogen and oxygen atoms in total. The van der Waals surface area contributed by atoms with Crippen molar-refractivity contribution in [2.24, 2.45) is 5.92 Å². The number of nitrogens with zero attached hydrogens (tertiary/aromatic N) is 1. The molecule has 1 saturated carbocycles. The second-order valence-electron chi connectivity index (χ2n) is 4.94. The molecule has 1 aromatic heterocycles. The third kappa shape index (κ3) is 2.37. The quantitative estimate of drug-likeness (QED) is 0.820. The largest absolute Gasteiger partial charge is 0.477 e. The number of aromatic amines is 1. The maximum absolute atomic E-state index is 11.7. The fraction of sp³-hybridized carbons (Fsp3) is 0.583. The standard InChI is InChI=1S/C12H16N2O4/c1-7-3-2-4-8(5-7)14-6-9(11(16)17)10(15)13-12(14)18/h6-8H,2-5H2,1H3,(H,16,17)(H,13,15,18). The SMILES string of the molecule is CC1CCCC(n2cc(C(=O)O)c(=O)[nH]c2=O)C1. The Morgan fingerprint density at radius 1 is 1.44 bits per heavy atom. The summed E-state index contributed by atoms with van der Waals surface area (Å²) in [7, 11) is 0. The summed E-state index contributed by atoms with van der Waals surface area (Å²) in [4.78, 5) is 36.0. The maximum Gasteiger partial charge on any atom is 0.342 e. The molecule has 0 spiro atoms. The van der Waals surface area contributed by atoms with E-state index in [0.29, 0.717) is 5.92 Å². The van der Waals surface area contributed by atoms with Crippen LogP contribution in [0.3, 0.4) is 0 Å². The van der Waals surface area contributed by atoms with Crippen LogP contribution >= 0.6 is 0 Å². The predicted octanol–water partition coefficient (Wildman–Crippen LogP) is 0.986. The fourth-order valence-corrected chi connectivity index (χ4v) is 2.56. The van der Waals surface area contributed by atoms with Crippen LogP contribution in [0, 0.1) is 5.92 Å². The molecule has 98 valence electrons. The van der Waals surface area contributed by atoms with Gasteiger partial charge in [-0.3, -0.25) is 14.3 Å². The number of nitrogens with one attached hydrogen (secondary N) is 1. The van der Waals surface area contributed by atoms with Crippen molar-refractivity contribution < 1.29 is 9.90 Å². The number of carboxylic acids is 1. The van der Waals surface area contributed by atoms with Gasteiger partial charge >= 0.3 is 11.7 Å². The molecule has 0 bridgehead atoms. The maximum atomic E-state index is 11.7. The van der Waals surface area contributed by atoms with Crippen LogP contribution < -0.4 is 11.2 Å². The monoisotopic (exact) mass is 252 g/mol. The fourth-order valence-electron chi connectivity index (χ4n) is 2.56. The lowest BCUT2D eigenvalue weighted by atomic mass is 9.87. The Balaban J connectivity index is 2.44. The molecule has 0 aromatic carbocycles. The van der Waals surface area contributed by atoms with Gasteiger partial charge in [0, 0.05) is 12.2 Å². The third-order valence-electron chi connectivity index (χ3n) is 3.50. The normalized spacial score (nSPS) is 23.8. The molecule has 1 fully saturated rings. The summed E-state index contributed by atoms with van der Waals surface area (Å²) in [5.74, 6) is -0.801. The van der Waals surface area contributed by atoms with Crippen LogP contribution in [-0.4, -0.2) is 20.6 Å². The lowest BCUT2D eigenvalue weighted by molar-refractivity contribution is 0.0693. The molecule has 2 N–H and O–H groups in total. The number of aromatic carboxylic acids is 1. The summed E-state index contributed by atoms with van der Waals surface area (Å²) >= 11 is 0. The van der Waals surface area contributed by atoms with E-state index in [0.717, 1.165) is 25.7 Å². The van der Waals surface area contributed by atoms with Crippen molar-refractivity contribution >= 4 is 5.97 Å². The lowest BCUT2D eigenvalue weighted by Gasteiger charge is -2.28. The lowest BCUT2D eigenvalue weighted by Crippen LogP contribution is -2.36. The molecule has 2 unspecified atom stereocenters. The first kappa shape index (κ1) is 12.6. The van der Waals surface area contributed by atoms with E-state index in [9.17, 15) is 14.4 Å². The Kier molecular flexibility index (Phi) is 3.36. The van der Waals surface area contributed by atoms with Gasteiger partial charge in [-0.15, -0.1) is 0 Å². The van der Waals surface area contributed by atoms with Crippen LogP contribution in [0.2, 0.25) is 0 Å². The average Bonchev–Trinajstić information content (AvgIpc) is 2.28. The minimum atomic E-state index is -1.31. The van der Waals surface area contributed by atoms with Crippen molar-refractivity contribution in [1.29, 1.82) is 0 Å². The molecule has 1 aliphatic carbocycles. The van der Waals surface area contributed by atoms with Gasteiger partial charge in [0.2, 0.25) is 0 Å². The number of hydrogen-bond acceptors (Lipinski definition) is 3. The topological polar surface area (TPSA) is 92.2 Å². The smallest absolute Gasteiger partial charge is 0.342 e. The minimum Gasteiger partial charge on any atom is -0.477 e. The van der Waals surface area contributed by atoms with E-state index < -0.39 is 17.2 Å². The van der Waals surface area contributed by atoms with Gasteiger partial charge in [0.25, 0.3) is 5.56 Å². The Labute approximate surface area is 103 Å². The van der Waals surface area contributed by atoms with Gasteiger partial charge in [-0.1, -0.05) is 19.8 Å². The number of hydrogen-bond donors (Lipinski definition) is 2. The van der Waals surface area contributed by atoms with E-state index >= 15 is 0 Å². The molecule has 6 heteroatoms. The van der Waals surface area contributed by atoms with Gasteiger partial charge in [-0.25, -0.2) is 9.59 Å². The van der Waals surface area contributed by atoms with Gasteiger partial charge in [-0.2, -0.15) is 0 Å². The zero-order chi connectivity index (χ0) is 13.3. The molecule has 2 rings (SSSR count). The summed E-state index contributed by atoms with van der Waals surface area (Å²) in [6.07, 6.45) is 4.99. The van der Waals surface area contributed by atoms with E-state index in [4.69, 9.17) is 5.11 Å². The summed E-state index contributed by atoms with van der Waals surface area (Å²) < 4.78 is 1.36. The third-order valence-corrected chi connectivity index (χ3v) is 3.50. The minimum absolute atomic E-state index is 0.0174. The molecule has 0 aliphatic heterocycles. The highest BCUT2D eigenvalue weighted by Crippen LogP contribution is 2.30. The number of carbonyl (C=O) groups is 1. The van der Waals surface area contributed by atoms with E-state index in [1.54, 1.807) is 0 Å². The van der Waals surface area contributed by atoms with Crippen LogP contribution in [0.4, 0.5) is 0 Å². The Morgan fingerprint density at radius 2 is 2.17 bits per heavy atom. The van der Waals surface area contributed by atoms with Crippen molar-refractivity contribution in [1.82, 2.24) is 9.55 Å². The van der Waals surface area contributed by atoms with Crippen molar-refractivity contribution in [2.45, 2.75) is 38.6 Å². The molecule has 0 saturated heterocycles. The molecular weight excluding hydrogens is 236 g/mol. The highest BCUT2D eigenvalue weighted by atomic mass is 16.4. The van der Waals surface area contributed by atoms with Gasteiger partial charge in [0.15, 0.2) is 0 Å². The zero-order valence-corrected chi connectivity index (χ0v) is 10.2. The van der Waals surface area contributed by atoms with E-state index in [1.165, 1.54) is 10.8 Å². The average molecular weight is 252 g/mol. The van der Waals surface area contributed by atoms with Crippen molar-refractivity contribution in [3.63, 3.8) is 0 Å². The Bertz CT molecular complexity index is 572. The molecule has 1 heterocycles. The first-order valence-electron chi connectivity index (χ1n) is 6.08. The summed E-state index contributed by atoms with van der Waals surface area (Å²) in [5, 5.41) is 8.90. The number of H-pyrrole nitrogens is 1. The summed E-state index contributed by atoms with van der Waals surface area (Å²) in [6.45, 7) is 2.11. The highest BCUT2D eigenvalue weighted by Gasteiger charge is 2.22. The van der Waals surface area contributed by atoms with E-state index in [-0.39, 0.29) is 11.6 Å².